The van der Waals surface area contributed by atoms with E-state index in [1.165, 1.54) is 0 Å². The molecule has 1 atom stereocenters. The highest BCUT2D eigenvalue weighted by molar-refractivity contribution is 6.03. The van der Waals surface area contributed by atoms with E-state index in [1.807, 2.05) is 23.0 Å². The monoisotopic (exact) mass is 372 g/mol. The summed E-state index contributed by atoms with van der Waals surface area (Å²) in [6.07, 6.45) is 6.07. The molecule has 0 spiro atoms. The first-order chi connectivity index (χ1) is 13.2. The summed E-state index contributed by atoms with van der Waals surface area (Å²) in [4.78, 5) is 12.7. The number of carbonyl (C=O) groups is 1. The lowest BCUT2D eigenvalue weighted by atomic mass is 10.1. The zero-order chi connectivity index (χ0) is 19.1. The van der Waals surface area contributed by atoms with Gasteiger partial charge in [0, 0.05) is 18.8 Å². The van der Waals surface area contributed by atoms with Crippen LogP contribution in [0.2, 0.25) is 0 Å². The average Bonchev–Trinajstić information content (AvgIpc) is 3.20. The average molecular weight is 372 g/mol. The summed E-state index contributed by atoms with van der Waals surface area (Å²) >= 11 is 0. The normalized spacial score (nSPS) is 16.7. The molecule has 7 heteroatoms. The van der Waals surface area contributed by atoms with Crippen molar-refractivity contribution < 1.29 is 14.3 Å². The van der Waals surface area contributed by atoms with Gasteiger partial charge in [0.2, 0.25) is 0 Å². The van der Waals surface area contributed by atoms with E-state index >= 15 is 0 Å². The lowest BCUT2D eigenvalue weighted by Gasteiger charge is -2.22. The minimum Gasteiger partial charge on any atom is -0.497 e. The molecule has 2 aromatic rings. The van der Waals surface area contributed by atoms with Gasteiger partial charge in [-0.2, -0.15) is 5.10 Å². The highest BCUT2D eigenvalue weighted by Crippen LogP contribution is 2.30. The fourth-order valence-electron chi connectivity index (χ4n) is 3.09. The first kappa shape index (κ1) is 19.2. The van der Waals surface area contributed by atoms with Gasteiger partial charge >= 0.3 is 0 Å². The van der Waals surface area contributed by atoms with Crippen molar-refractivity contribution in [1.29, 1.82) is 0 Å². The molecule has 2 N–H and O–H groups in total. The molecule has 1 aliphatic rings. The first-order valence-electron chi connectivity index (χ1n) is 9.59. The predicted octanol–water partition coefficient (Wildman–Crippen LogP) is 3.25. The van der Waals surface area contributed by atoms with E-state index in [4.69, 9.17) is 9.47 Å². The highest BCUT2D eigenvalue weighted by Gasteiger charge is 2.18. The van der Waals surface area contributed by atoms with Gasteiger partial charge in [-0.15, -0.1) is 0 Å². The minimum atomic E-state index is -0.258. The number of amides is 1. The van der Waals surface area contributed by atoms with E-state index < -0.39 is 0 Å². The van der Waals surface area contributed by atoms with Crippen LogP contribution in [0, 0.1) is 0 Å². The van der Waals surface area contributed by atoms with Crippen molar-refractivity contribution in [2.24, 2.45) is 0 Å². The van der Waals surface area contributed by atoms with E-state index in [1.54, 1.807) is 19.2 Å². The lowest BCUT2D eigenvalue weighted by Crippen LogP contribution is -2.32. The quantitative estimate of drug-likeness (QED) is 0.696. The molecule has 27 heavy (non-hydrogen) atoms. The number of piperidine rings is 1. The number of ether oxygens (including phenoxy) is 2. The van der Waals surface area contributed by atoms with Crippen LogP contribution in [0.25, 0.3) is 0 Å². The van der Waals surface area contributed by atoms with Crippen molar-refractivity contribution in [1.82, 2.24) is 15.1 Å². The Hall–Kier alpha value is -2.54. The molecule has 0 aliphatic carbocycles. The Morgan fingerprint density at radius 3 is 3.04 bits per heavy atom. The van der Waals surface area contributed by atoms with Crippen molar-refractivity contribution in [2.75, 3.05) is 32.1 Å². The molecule has 2 heterocycles. The third kappa shape index (κ3) is 5.01. The van der Waals surface area contributed by atoms with Gasteiger partial charge in [0.05, 0.1) is 25.4 Å². The number of rotatable bonds is 8. The number of anilines is 1. The number of nitrogens with zero attached hydrogens (tertiary/aromatic N) is 2. The van der Waals surface area contributed by atoms with Gasteiger partial charge in [0.25, 0.3) is 5.91 Å². The van der Waals surface area contributed by atoms with E-state index in [2.05, 4.69) is 22.7 Å². The summed E-state index contributed by atoms with van der Waals surface area (Å²) in [6, 6.07) is 7.45. The lowest BCUT2D eigenvalue weighted by molar-refractivity contribution is 0.102. The molecule has 3 rings (SSSR count). The molecule has 0 radical (unpaired) electrons. The van der Waals surface area contributed by atoms with Gasteiger partial charge in [-0.3, -0.25) is 9.48 Å². The van der Waals surface area contributed by atoms with Crippen LogP contribution in [0.5, 0.6) is 11.5 Å². The zero-order valence-corrected chi connectivity index (χ0v) is 16.0. The fourth-order valence-corrected chi connectivity index (χ4v) is 3.09. The Balaban J connectivity index is 1.71. The maximum absolute atomic E-state index is 12.7. The predicted molar refractivity (Wildman–Crippen MR) is 105 cm³/mol. The number of unbranched alkanes of at least 4 members (excludes halogenated alkanes) is 1. The summed E-state index contributed by atoms with van der Waals surface area (Å²) < 4.78 is 13.0. The summed E-state index contributed by atoms with van der Waals surface area (Å²) in [5, 5.41) is 10.7. The van der Waals surface area contributed by atoms with Crippen molar-refractivity contribution in [3.8, 4) is 11.5 Å². The van der Waals surface area contributed by atoms with Gasteiger partial charge < -0.3 is 20.1 Å². The van der Waals surface area contributed by atoms with Gasteiger partial charge in [0.1, 0.15) is 11.5 Å². The number of carbonyl (C=O) groups excluding carboxylic acids is 1. The smallest absolute Gasteiger partial charge is 0.276 e. The molecule has 1 aromatic carbocycles. The number of hydrogen-bond donors (Lipinski definition) is 2. The number of nitrogens with one attached hydrogen (secondary N) is 2. The standard InChI is InChI=1S/C20H28N4O3/c1-3-4-12-27-19-8-7-16(26-2)13-18(19)22-20(25)17-9-11-24(23-17)15-6-5-10-21-14-15/h7-9,11,13,15,21H,3-6,10,12,14H2,1-2H3,(H,22,25). The molecule has 1 fully saturated rings. The molecule has 146 valence electrons. The van der Waals surface area contributed by atoms with E-state index in [9.17, 15) is 4.79 Å². The highest BCUT2D eigenvalue weighted by atomic mass is 16.5. The topological polar surface area (TPSA) is 77.4 Å². The van der Waals surface area contributed by atoms with E-state index in [-0.39, 0.29) is 5.91 Å². The zero-order valence-electron chi connectivity index (χ0n) is 16.0. The molecule has 1 amide bonds. The Kier molecular flexibility index (Phi) is 6.70. The summed E-state index contributed by atoms with van der Waals surface area (Å²) in [6.45, 7) is 4.64. The number of methoxy groups -OCH3 is 1. The maximum Gasteiger partial charge on any atom is 0.276 e. The van der Waals surface area contributed by atoms with E-state index in [0.29, 0.717) is 35.5 Å². The second kappa shape index (κ2) is 9.41. The molecular formula is C20H28N4O3. The Labute approximate surface area is 160 Å². The summed E-state index contributed by atoms with van der Waals surface area (Å²) in [7, 11) is 1.60. The molecule has 0 saturated carbocycles. The van der Waals surface area contributed by atoms with Crippen LogP contribution in [0.15, 0.2) is 30.5 Å². The van der Waals surface area contributed by atoms with Gasteiger partial charge in [-0.25, -0.2) is 0 Å². The minimum absolute atomic E-state index is 0.258. The van der Waals surface area contributed by atoms with Crippen LogP contribution >= 0.6 is 0 Å². The van der Waals surface area contributed by atoms with Crippen LogP contribution in [0.3, 0.4) is 0 Å². The van der Waals surface area contributed by atoms with Gasteiger partial charge in [-0.05, 0) is 44.0 Å². The van der Waals surface area contributed by atoms with Crippen molar-refractivity contribution in [3.05, 3.63) is 36.2 Å². The number of benzene rings is 1. The van der Waals surface area contributed by atoms with Crippen LogP contribution in [-0.2, 0) is 0 Å². The second-order valence-corrected chi connectivity index (χ2v) is 6.70. The summed E-state index contributed by atoms with van der Waals surface area (Å²) in [5.74, 6) is 1.03. The van der Waals surface area contributed by atoms with Crippen LogP contribution < -0.4 is 20.1 Å². The second-order valence-electron chi connectivity index (χ2n) is 6.70. The number of aromatic nitrogens is 2. The molecule has 0 bridgehead atoms. The van der Waals surface area contributed by atoms with Crippen LogP contribution in [0.1, 0.15) is 49.1 Å². The van der Waals surface area contributed by atoms with Gasteiger partial charge in [-0.1, -0.05) is 13.3 Å². The number of hydrogen-bond acceptors (Lipinski definition) is 5. The van der Waals surface area contributed by atoms with Crippen LogP contribution in [0.4, 0.5) is 5.69 Å². The van der Waals surface area contributed by atoms with E-state index in [0.717, 1.165) is 38.8 Å². The molecule has 7 nitrogen and oxygen atoms in total. The Morgan fingerprint density at radius 1 is 1.41 bits per heavy atom. The molecule has 1 unspecified atom stereocenters. The summed E-state index contributed by atoms with van der Waals surface area (Å²) in [5.41, 5.74) is 0.979. The third-order valence-electron chi connectivity index (χ3n) is 4.68. The third-order valence-corrected chi connectivity index (χ3v) is 4.68. The maximum atomic E-state index is 12.7. The largest absolute Gasteiger partial charge is 0.497 e. The van der Waals surface area contributed by atoms with Crippen molar-refractivity contribution in [3.63, 3.8) is 0 Å². The molecule has 1 aromatic heterocycles. The molecule has 1 aliphatic heterocycles. The Morgan fingerprint density at radius 2 is 2.30 bits per heavy atom. The first-order valence-corrected chi connectivity index (χ1v) is 9.59. The SMILES string of the molecule is CCCCOc1ccc(OC)cc1NC(=O)c1ccn(C2CCCNC2)n1. The Bertz CT molecular complexity index is 753. The molecule has 1 saturated heterocycles. The van der Waals surface area contributed by atoms with Gasteiger partial charge in [0.15, 0.2) is 5.69 Å². The fraction of sp³-hybridized carbons (Fsp3) is 0.500. The van der Waals surface area contributed by atoms with Crippen LogP contribution in [-0.4, -0.2) is 42.5 Å². The van der Waals surface area contributed by atoms with Crippen molar-refractivity contribution in [2.45, 2.75) is 38.6 Å². The molecular weight excluding hydrogens is 344 g/mol. The van der Waals surface area contributed by atoms with Crippen molar-refractivity contribution >= 4 is 11.6 Å².